The van der Waals surface area contributed by atoms with Crippen LogP contribution in [0.2, 0.25) is 0 Å². The molecular weight excluding hydrogens is 414 g/mol. The van der Waals surface area contributed by atoms with E-state index in [0.29, 0.717) is 23.9 Å². The van der Waals surface area contributed by atoms with Gasteiger partial charge in [0, 0.05) is 25.8 Å². The molecule has 1 unspecified atom stereocenters. The normalized spacial score (nSPS) is 15.2. The number of anilines is 1. The Morgan fingerprint density at radius 1 is 1.19 bits per heavy atom. The fraction of sp³-hybridized carbons (Fsp3) is 0.435. The summed E-state index contributed by atoms with van der Waals surface area (Å²) < 4.78 is 28.5. The molecule has 31 heavy (non-hydrogen) atoms. The number of rotatable bonds is 7. The van der Waals surface area contributed by atoms with E-state index in [9.17, 15) is 13.2 Å². The SMILES string of the molecule is COCC#Cc1nccnc1NC(=O)C(CC1CCCC1)c1ccc(S(C)(=O)=O)cc1. The van der Waals surface area contributed by atoms with Gasteiger partial charge in [0.2, 0.25) is 5.91 Å². The van der Waals surface area contributed by atoms with Crippen molar-refractivity contribution in [3.63, 3.8) is 0 Å². The molecule has 2 aromatic rings. The third kappa shape index (κ3) is 6.36. The monoisotopic (exact) mass is 441 g/mol. The Kier molecular flexibility index (Phi) is 7.77. The average Bonchev–Trinajstić information content (AvgIpc) is 3.26. The van der Waals surface area contributed by atoms with E-state index < -0.39 is 15.8 Å². The molecule has 7 nitrogen and oxygen atoms in total. The third-order valence-corrected chi connectivity index (χ3v) is 6.56. The van der Waals surface area contributed by atoms with Gasteiger partial charge in [-0.05, 0) is 36.0 Å². The van der Waals surface area contributed by atoms with Crippen molar-refractivity contribution >= 4 is 21.6 Å². The molecule has 1 amide bonds. The van der Waals surface area contributed by atoms with Crippen LogP contribution in [0.4, 0.5) is 5.82 Å². The zero-order chi connectivity index (χ0) is 22.3. The number of hydrogen-bond acceptors (Lipinski definition) is 6. The number of nitrogens with zero attached hydrogens (tertiary/aromatic N) is 2. The number of carbonyl (C=O) groups is 1. The summed E-state index contributed by atoms with van der Waals surface area (Å²) in [6.45, 7) is 0.251. The van der Waals surface area contributed by atoms with Crippen molar-refractivity contribution in [3.05, 3.63) is 47.9 Å². The summed E-state index contributed by atoms with van der Waals surface area (Å²) in [5, 5.41) is 2.88. The van der Waals surface area contributed by atoms with E-state index in [1.165, 1.54) is 31.5 Å². The number of ether oxygens (including phenoxy) is 1. The first-order valence-corrected chi connectivity index (χ1v) is 12.2. The van der Waals surface area contributed by atoms with Crippen LogP contribution in [0.1, 0.15) is 49.3 Å². The van der Waals surface area contributed by atoms with E-state index >= 15 is 0 Å². The first-order chi connectivity index (χ1) is 14.9. The highest BCUT2D eigenvalue weighted by Gasteiger charge is 2.27. The average molecular weight is 442 g/mol. The Morgan fingerprint density at radius 2 is 1.87 bits per heavy atom. The molecule has 0 saturated heterocycles. The molecule has 1 aromatic heterocycles. The summed E-state index contributed by atoms with van der Waals surface area (Å²) in [4.78, 5) is 22.0. The van der Waals surface area contributed by atoms with Crippen molar-refractivity contribution in [2.24, 2.45) is 5.92 Å². The molecule has 1 N–H and O–H groups in total. The lowest BCUT2D eigenvalue weighted by Gasteiger charge is -2.21. The van der Waals surface area contributed by atoms with Gasteiger partial charge in [-0.1, -0.05) is 43.7 Å². The predicted octanol–water partition coefficient (Wildman–Crippen LogP) is 3.18. The van der Waals surface area contributed by atoms with Crippen molar-refractivity contribution < 1.29 is 17.9 Å². The van der Waals surface area contributed by atoms with Crippen LogP contribution in [0.15, 0.2) is 41.6 Å². The first-order valence-electron chi connectivity index (χ1n) is 10.3. The second-order valence-electron chi connectivity index (χ2n) is 7.76. The number of hydrogen-bond donors (Lipinski definition) is 1. The van der Waals surface area contributed by atoms with Gasteiger partial charge < -0.3 is 10.1 Å². The van der Waals surface area contributed by atoms with Gasteiger partial charge in [0.15, 0.2) is 21.3 Å². The van der Waals surface area contributed by atoms with Crippen molar-refractivity contribution in [1.29, 1.82) is 0 Å². The second-order valence-corrected chi connectivity index (χ2v) is 9.77. The number of amides is 1. The molecule has 1 fully saturated rings. The Labute approximate surface area is 183 Å². The van der Waals surface area contributed by atoms with Crippen molar-refractivity contribution in [2.75, 3.05) is 25.3 Å². The molecule has 1 saturated carbocycles. The van der Waals surface area contributed by atoms with Crippen molar-refractivity contribution in [2.45, 2.75) is 42.9 Å². The van der Waals surface area contributed by atoms with Crippen LogP contribution >= 0.6 is 0 Å². The second kappa shape index (κ2) is 10.5. The van der Waals surface area contributed by atoms with E-state index in [0.717, 1.165) is 18.4 Å². The Bertz CT molecular complexity index is 1070. The van der Waals surface area contributed by atoms with Crippen LogP contribution in [0, 0.1) is 17.8 Å². The van der Waals surface area contributed by atoms with Gasteiger partial charge in [-0.3, -0.25) is 4.79 Å². The van der Waals surface area contributed by atoms with Gasteiger partial charge in [0.05, 0.1) is 10.8 Å². The van der Waals surface area contributed by atoms with Gasteiger partial charge in [-0.25, -0.2) is 18.4 Å². The minimum absolute atomic E-state index is 0.200. The summed E-state index contributed by atoms with van der Waals surface area (Å²) in [7, 11) is -1.75. The smallest absolute Gasteiger partial charge is 0.233 e. The maximum absolute atomic E-state index is 13.3. The number of sulfone groups is 1. The topological polar surface area (TPSA) is 98.2 Å². The van der Waals surface area contributed by atoms with Crippen LogP contribution in [-0.4, -0.2) is 44.3 Å². The molecule has 8 heteroatoms. The number of aromatic nitrogens is 2. The molecule has 1 aliphatic rings. The van der Waals surface area contributed by atoms with E-state index in [1.807, 2.05) is 0 Å². The van der Waals surface area contributed by atoms with Crippen molar-refractivity contribution in [1.82, 2.24) is 9.97 Å². The van der Waals surface area contributed by atoms with Crippen LogP contribution < -0.4 is 5.32 Å². The molecule has 1 aliphatic carbocycles. The molecule has 0 aliphatic heterocycles. The lowest BCUT2D eigenvalue weighted by molar-refractivity contribution is -0.118. The number of nitrogens with one attached hydrogen (secondary N) is 1. The molecule has 3 rings (SSSR count). The number of carbonyl (C=O) groups excluding carboxylic acids is 1. The number of methoxy groups -OCH3 is 1. The minimum atomic E-state index is -3.30. The van der Waals surface area contributed by atoms with Gasteiger partial charge >= 0.3 is 0 Å². The van der Waals surface area contributed by atoms with E-state index in [-0.39, 0.29) is 17.4 Å². The summed E-state index contributed by atoms with van der Waals surface area (Å²) in [6.07, 6.45) is 9.45. The predicted molar refractivity (Wildman–Crippen MR) is 118 cm³/mol. The lowest BCUT2D eigenvalue weighted by atomic mass is 9.87. The van der Waals surface area contributed by atoms with Crippen LogP contribution in [0.25, 0.3) is 0 Å². The van der Waals surface area contributed by atoms with Gasteiger partial charge in [0.1, 0.15) is 6.61 Å². The highest BCUT2D eigenvalue weighted by atomic mass is 32.2. The zero-order valence-corrected chi connectivity index (χ0v) is 18.6. The molecule has 1 aromatic carbocycles. The maximum Gasteiger partial charge on any atom is 0.233 e. The fourth-order valence-electron chi connectivity index (χ4n) is 3.84. The molecule has 0 bridgehead atoms. The molecule has 164 valence electrons. The summed E-state index contributed by atoms with van der Waals surface area (Å²) in [5.74, 6) is 5.84. The molecule has 1 heterocycles. The first kappa shape index (κ1) is 22.9. The van der Waals surface area contributed by atoms with Crippen LogP contribution in [0.5, 0.6) is 0 Å². The Morgan fingerprint density at radius 3 is 2.52 bits per heavy atom. The third-order valence-electron chi connectivity index (χ3n) is 5.43. The van der Waals surface area contributed by atoms with Gasteiger partial charge in [-0.15, -0.1) is 0 Å². The van der Waals surface area contributed by atoms with Crippen LogP contribution in [-0.2, 0) is 19.4 Å². The highest BCUT2D eigenvalue weighted by molar-refractivity contribution is 7.90. The Hall–Kier alpha value is -2.76. The molecular formula is C23H27N3O4S. The standard InChI is InChI=1S/C23H27N3O4S/c1-30-15-5-8-21-22(25-14-13-24-21)26-23(27)20(16-17-6-3-4-7-17)18-9-11-19(12-10-18)31(2,28)29/h9-14,17,20H,3-4,6-7,15-16H2,1-2H3,(H,25,26,27). The Balaban J connectivity index is 1.86. The molecule has 1 atom stereocenters. The van der Waals surface area contributed by atoms with E-state index in [4.69, 9.17) is 4.74 Å². The zero-order valence-electron chi connectivity index (χ0n) is 17.8. The lowest BCUT2D eigenvalue weighted by Crippen LogP contribution is -2.24. The van der Waals surface area contributed by atoms with E-state index in [2.05, 4.69) is 27.1 Å². The van der Waals surface area contributed by atoms with Gasteiger partial charge in [0.25, 0.3) is 0 Å². The quantitative estimate of drug-likeness (QED) is 0.663. The molecule has 0 radical (unpaired) electrons. The highest BCUT2D eigenvalue weighted by Crippen LogP contribution is 2.35. The summed E-state index contributed by atoms with van der Waals surface area (Å²) in [5.41, 5.74) is 1.16. The van der Waals surface area contributed by atoms with Crippen molar-refractivity contribution in [3.8, 4) is 11.8 Å². The molecule has 0 spiro atoms. The summed E-state index contributed by atoms with van der Waals surface area (Å²) >= 11 is 0. The minimum Gasteiger partial charge on any atom is -0.372 e. The van der Waals surface area contributed by atoms with Crippen LogP contribution in [0.3, 0.4) is 0 Å². The largest absolute Gasteiger partial charge is 0.372 e. The number of benzene rings is 1. The van der Waals surface area contributed by atoms with Gasteiger partial charge in [-0.2, -0.15) is 0 Å². The fourth-order valence-corrected chi connectivity index (χ4v) is 4.47. The van der Waals surface area contributed by atoms with E-state index in [1.54, 1.807) is 31.4 Å². The summed E-state index contributed by atoms with van der Waals surface area (Å²) in [6, 6.07) is 6.57. The maximum atomic E-state index is 13.3.